The standard InChI is InChI=1S/C14H22BrN3O2/c1-13(2)7-9(8-14(3,4)18-13)16-12(19)17-11-6-5-10(15)20-11/h5-6,9,18H,7-8H2,1-4H3,(H2,16,17,19). The fourth-order valence-corrected chi connectivity index (χ4v) is 3.45. The monoisotopic (exact) mass is 343 g/mol. The van der Waals surface area contributed by atoms with E-state index < -0.39 is 0 Å². The third-order valence-electron chi connectivity index (χ3n) is 3.34. The van der Waals surface area contributed by atoms with Crippen LogP contribution in [-0.4, -0.2) is 23.2 Å². The number of hydrogen-bond donors (Lipinski definition) is 3. The molecule has 0 aromatic carbocycles. The van der Waals surface area contributed by atoms with Crippen LogP contribution in [0, 0.1) is 0 Å². The average molecular weight is 344 g/mol. The number of anilines is 1. The maximum Gasteiger partial charge on any atom is 0.321 e. The first kappa shape index (κ1) is 15.4. The molecule has 1 saturated heterocycles. The Morgan fingerprint density at radius 3 is 2.40 bits per heavy atom. The highest BCUT2D eigenvalue weighted by atomic mass is 79.9. The van der Waals surface area contributed by atoms with Crippen LogP contribution in [0.15, 0.2) is 21.2 Å². The lowest BCUT2D eigenvalue weighted by atomic mass is 9.80. The number of carbonyl (C=O) groups is 1. The molecule has 2 amide bonds. The quantitative estimate of drug-likeness (QED) is 0.770. The summed E-state index contributed by atoms with van der Waals surface area (Å²) in [5, 5.41) is 9.31. The van der Waals surface area contributed by atoms with Gasteiger partial charge in [-0.2, -0.15) is 0 Å². The zero-order valence-electron chi connectivity index (χ0n) is 12.3. The molecule has 0 spiro atoms. The molecule has 0 bridgehead atoms. The van der Waals surface area contributed by atoms with Gasteiger partial charge in [-0.15, -0.1) is 0 Å². The first-order chi connectivity index (χ1) is 9.15. The molecule has 112 valence electrons. The van der Waals surface area contributed by atoms with Crippen molar-refractivity contribution < 1.29 is 9.21 Å². The molecule has 0 radical (unpaired) electrons. The van der Waals surface area contributed by atoms with Crippen LogP contribution in [0.4, 0.5) is 10.7 Å². The molecule has 1 aromatic heterocycles. The van der Waals surface area contributed by atoms with Gasteiger partial charge in [0, 0.05) is 23.2 Å². The van der Waals surface area contributed by atoms with Gasteiger partial charge in [0.25, 0.3) is 0 Å². The van der Waals surface area contributed by atoms with Crippen LogP contribution in [-0.2, 0) is 0 Å². The van der Waals surface area contributed by atoms with Crippen molar-refractivity contribution in [3.05, 3.63) is 16.8 Å². The van der Waals surface area contributed by atoms with E-state index in [4.69, 9.17) is 4.42 Å². The molecule has 0 atom stereocenters. The summed E-state index contributed by atoms with van der Waals surface area (Å²) in [4.78, 5) is 12.0. The fourth-order valence-electron chi connectivity index (χ4n) is 3.14. The SMILES string of the molecule is CC1(C)CC(NC(=O)Nc2ccc(Br)o2)CC(C)(C)N1. The van der Waals surface area contributed by atoms with E-state index in [1.54, 1.807) is 12.1 Å². The Morgan fingerprint density at radius 1 is 1.30 bits per heavy atom. The summed E-state index contributed by atoms with van der Waals surface area (Å²) in [7, 11) is 0. The predicted molar refractivity (Wildman–Crippen MR) is 82.9 cm³/mol. The third-order valence-corrected chi connectivity index (χ3v) is 3.76. The van der Waals surface area contributed by atoms with Crippen LogP contribution in [0.3, 0.4) is 0 Å². The highest BCUT2D eigenvalue weighted by Crippen LogP contribution is 2.28. The molecule has 5 nitrogen and oxygen atoms in total. The summed E-state index contributed by atoms with van der Waals surface area (Å²) in [5.74, 6) is 0.432. The minimum absolute atomic E-state index is 0.00735. The van der Waals surface area contributed by atoms with Crippen LogP contribution in [0.5, 0.6) is 0 Å². The maximum atomic E-state index is 12.0. The van der Waals surface area contributed by atoms with Crippen molar-refractivity contribution >= 4 is 27.8 Å². The fraction of sp³-hybridized carbons (Fsp3) is 0.643. The van der Waals surface area contributed by atoms with Crippen molar-refractivity contribution in [2.75, 3.05) is 5.32 Å². The van der Waals surface area contributed by atoms with Gasteiger partial charge in [-0.05, 0) is 62.5 Å². The van der Waals surface area contributed by atoms with Gasteiger partial charge in [-0.3, -0.25) is 5.32 Å². The minimum Gasteiger partial charge on any atom is -0.434 e. The van der Waals surface area contributed by atoms with Gasteiger partial charge in [-0.1, -0.05) is 0 Å². The van der Waals surface area contributed by atoms with Gasteiger partial charge in [0.2, 0.25) is 5.88 Å². The summed E-state index contributed by atoms with van der Waals surface area (Å²) >= 11 is 3.20. The summed E-state index contributed by atoms with van der Waals surface area (Å²) < 4.78 is 5.85. The lowest BCUT2D eigenvalue weighted by Crippen LogP contribution is -2.62. The average Bonchev–Trinajstić information content (AvgIpc) is 2.58. The highest BCUT2D eigenvalue weighted by Gasteiger charge is 2.38. The number of furan rings is 1. The van der Waals surface area contributed by atoms with E-state index in [-0.39, 0.29) is 23.2 Å². The van der Waals surface area contributed by atoms with Crippen molar-refractivity contribution in [3.8, 4) is 0 Å². The first-order valence-electron chi connectivity index (χ1n) is 6.77. The van der Waals surface area contributed by atoms with Gasteiger partial charge in [-0.25, -0.2) is 4.79 Å². The number of amides is 2. The summed E-state index contributed by atoms with van der Waals surface area (Å²) in [5.41, 5.74) is 0.0147. The third kappa shape index (κ3) is 4.24. The Balaban J connectivity index is 1.93. The van der Waals surface area contributed by atoms with Crippen molar-refractivity contribution in [1.82, 2.24) is 10.6 Å². The second-order valence-electron chi connectivity index (χ2n) is 6.70. The van der Waals surface area contributed by atoms with Gasteiger partial charge in [0.15, 0.2) is 4.67 Å². The molecular weight excluding hydrogens is 322 g/mol. The molecule has 0 unspecified atom stereocenters. The maximum absolute atomic E-state index is 12.0. The summed E-state index contributed by atoms with van der Waals surface area (Å²) in [6.45, 7) is 8.63. The lowest BCUT2D eigenvalue weighted by Gasteiger charge is -2.46. The highest BCUT2D eigenvalue weighted by molar-refractivity contribution is 9.10. The smallest absolute Gasteiger partial charge is 0.321 e. The Kier molecular flexibility index (Phi) is 4.16. The number of rotatable bonds is 2. The van der Waals surface area contributed by atoms with Crippen LogP contribution >= 0.6 is 15.9 Å². The molecule has 0 aliphatic carbocycles. The number of urea groups is 1. The molecule has 6 heteroatoms. The Hall–Kier alpha value is -1.01. The van der Waals surface area contributed by atoms with Crippen LogP contribution in [0.25, 0.3) is 0 Å². The first-order valence-corrected chi connectivity index (χ1v) is 7.57. The number of nitrogens with one attached hydrogen (secondary N) is 3. The summed E-state index contributed by atoms with van der Waals surface area (Å²) in [6.07, 6.45) is 1.79. The molecule has 0 saturated carbocycles. The van der Waals surface area contributed by atoms with Gasteiger partial charge >= 0.3 is 6.03 Å². The second kappa shape index (κ2) is 5.41. The number of carbonyl (C=O) groups excluding carboxylic acids is 1. The number of piperidine rings is 1. The Morgan fingerprint density at radius 2 is 1.90 bits per heavy atom. The Labute approximate surface area is 128 Å². The molecular formula is C14H22BrN3O2. The minimum atomic E-state index is -0.231. The number of halogens is 1. The van der Waals surface area contributed by atoms with E-state index in [2.05, 4.69) is 59.6 Å². The molecule has 1 aliphatic rings. The van der Waals surface area contributed by atoms with Crippen molar-refractivity contribution in [3.63, 3.8) is 0 Å². The topological polar surface area (TPSA) is 66.3 Å². The second-order valence-corrected chi connectivity index (χ2v) is 7.48. The van der Waals surface area contributed by atoms with Gasteiger partial charge in [0.05, 0.1) is 0 Å². The van der Waals surface area contributed by atoms with Crippen LogP contribution < -0.4 is 16.0 Å². The molecule has 2 heterocycles. The van der Waals surface area contributed by atoms with E-state index in [9.17, 15) is 4.79 Å². The molecule has 2 rings (SSSR count). The van der Waals surface area contributed by atoms with Gasteiger partial charge in [0.1, 0.15) is 0 Å². The molecule has 3 N–H and O–H groups in total. The van der Waals surface area contributed by atoms with Crippen LogP contribution in [0.2, 0.25) is 0 Å². The molecule has 1 aromatic rings. The zero-order valence-corrected chi connectivity index (χ0v) is 13.9. The van der Waals surface area contributed by atoms with E-state index in [1.807, 2.05) is 0 Å². The van der Waals surface area contributed by atoms with Gasteiger partial charge < -0.3 is 15.1 Å². The van der Waals surface area contributed by atoms with E-state index in [0.29, 0.717) is 10.6 Å². The number of hydrogen-bond acceptors (Lipinski definition) is 3. The van der Waals surface area contributed by atoms with E-state index >= 15 is 0 Å². The normalized spacial score (nSPS) is 21.4. The van der Waals surface area contributed by atoms with Crippen LogP contribution in [0.1, 0.15) is 40.5 Å². The van der Waals surface area contributed by atoms with Crippen molar-refractivity contribution in [2.24, 2.45) is 0 Å². The molecule has 20 heavy (non-hydrogen) atoms. The van der Waals surface area contributed by atoms with E-state index in [0.717, 1.165) is 12.8 Å². The Bertz CT molecular complexity index is 480. The lowest BCUT2D eigenvalue weighted by molar-refractivity contribution is 0.149. The predicted octanol–water partition coefficient (Wildman–Crippen LogP) is 3.47. The molecule has 1 aliphatic heterocycles. The largest absolute Gasteiger partial charge is 0.434 e. The zero-order chi connectivity index (χ0) is 15.0. The van der Waals surface area contributed by atoms with Crippen molar-refractivity contribution in [1.29, 1.82) is 0 Å². The van der Waals surface area contributed by atoms with Crippen molar-refractivity contribution in [2.45, 2.75) is 57.7 Å². The molecule has 1 fully saturated rings. The van der Waals surface area contributed by atoms with E-state index in [1.165, 1.54) is 0 Å². The summed E-state index contributed by atoms with van der Waals surface area (Å²) in [6, 6.07) is 3.36.